The zero-order valence-corrected chi connectivity index (χ0v) is 24.4. The third kappa shape index (κ3) is 9.88. The van der Waals surface area contributed by atoms with Gasteiger partial charge in [0.15, 0.2) is 0 Å². The number of rotatable bonds is 16. The monoisotopic (exact) mass is 594 g/mol. The van der Waals surface area contributed by atoms with Gasteiger partial charge in [-0.2, -0.15) is 0 Å². The van der Waals surface area contributed by atoms with Gasteiger partial charge in [0.05, 0.1) is 5.75 Å². The second-order valence-electron chi connectivity index (χ2n) is 9.79. The SMILES string of the molecule is C=CCNC(=O)[C@H](Cc1cn(C)c2ccccc12)NC(=O)[C@H](CCCCNC(=O)CSc1ccc(N)cc1)NC(=O)O. The normalized spacial score (nSPS) is 12.2. The first kappa shape index (κ1) is 32.1. The van der Waals surface area contributed by atoms with Gasteiger partial charge in [-0.3, -0.25) is 14.4 Å². The zero-order chi connectivity index (χ0) is 30.5. The molecular weight excluding hydrogens is 556 g/mol. The van der Waals surface area contributed by atoms with Gasteiger partial charge in [0.1, 0.15) is 12.1 Å². The van der Waals surface area contributed by atoms with E-state index >= 15 is 0 Å². The summed E-state index contributed by atoms with van der Waals surface area (Å²) in [6.07, 6.45) is 3.55. The molecule has 0 unspecified atom stereocenters. The third-order valence-corrected chi connectivity index (χ3v) is 7.58. The van der Waals surface area contributed by atoms with E-state index in [-0.39, 0.29) is 31.0 Å². The number of nitrogens with zero attached hydrogens (tertiary/aromatic N) is 1. The van der Waals surface area contributed by atoms with Crippen LogP contribution >= 0.6 is 11.8 Å². The molecule has 2 atom stereocenters. The molecule has 1 aromatic heterocycles. The first-order chi connectivity index (χ1) is 20.2. The Kier molecular flexibility index (Phi) is 12.3. The topological polar surface area (TPSA) is 168 Å². The van der Waals surface area contributed by atoms with Crippen LogP contribution in [0.1, 0.15) is 24.8 Å². The van der Waals surface area contributed by atoms with Gasteiger partial charge in [-0.15, -0.1) is 18.3 Å². The van der Waals surface area contributed by atoms with Crippen LogP contribution in [0.3, 0.4) is 0 Å². The Hall–Kier alpha value is -4.45. The van der Waals surface area contributed by atoms with Gasteiger partial charge in [0, 0.05) is 54.2 Å². The maximum absolute atomic E-state index is 13.2. The molecule has 42 heavy (non-hydrogen) atoms. The Morgan fingerprint density at radius 3 is 2.45 bits per heavy atom. The van der Waals surface area contributed by atoms with Crippen LogP contribution in [0.25, 0.3) is 10.9 Å². The second-order valence-corrected chi connectivity index (χ2v) is 10.8. The molecule has 0 radical (unpaired) electrons. The number of carbonyl (C=O) groups is 4. The molecule has 12 heteroatoms. The Morgan fingerprint density at radius 1 is 1.00 bits per heavy atom. The fourth-order valence-electron chi connectivity index (χ4n) is 4.47. The molecule has 0 aliphatic heterocycles. The van der Waals surface area contributed by atoms with Crippen molar-refractivity contribution >= 4 is 52.2 Å². The summed E-state index contributed by atoms with van der Waals surface area (Å²) >= 11 is 1.40. The van der Waals surface area contributed by atoms with E-state index < -0.39 is 30.0 Å². The lowest BCUT2D eigenvalue weighted by Gasteiger charge is -2.22. The molecule has 0 aliphatic rings. The molecular formula is C30H38N6O5S. The number of para-hydroxylation sites is 1. The van der Waals surface area contributed by atoms with Gasteiger partial charge in [0.25, 0.3) is 0 Å². The average Bonchev–Trinajstić information content (AvgIpc) is 3.29. The summed E-state index contributed by atoms with van der Waals surface area (Å²) in [6, 6.07) is 13.0. The number of carboxylic acid groups (broad SMARTS) is 1. The minimum absolute atomic E-state index is 0.128. The van der Waals surface area contributed by atoms with Crippen molar-refractivity contribution in [2.24, 2.45) is 7.05 Å². The molecule has 11 nitrogen and oxygen atoms in total. The number of hydrogen-bond acceptors (Lipinski definition) is 6. The van der Waals surface area contributed by atoms with Crippen molar-refractivity contribution in [3.63, 3.8) is 0 Å². The van der Waals surface area contributed by atoms with Crippen molar-refractivity contribution in [3.8, 4) is 0 Å². The highest BCUT2D eigenvalue weighted by molar-refractivity contribution is 8.00. The van der Waals surface area contributed by atoms with E-state index in [2.05, 4.69) is 27.8 Å². The summed E-state index contributed by atoms with van der Waals surface area (Å²) in [4.78, 5) is 50.8. The van der Waals surface area contributed by atoms with E-state index in [0.29, 0.717) is 25.1 Å². The quantitative estimate of drug-likeness (QED) is 0.0642. The van der Waals surface area contributed by atoms with Gasteiger partial charge in [0.2, 0.25) is 17.7 Å². The van der Waals surface area contributed by atoms with E-state index in [1.807, 2.05) is 54.2 Å². The Balaban J connectivity index is 1.55. The van der Waals surface area contributed by atoms with Crippen LogP contribution in [-0.4, -0.2) is 64.4 Å². The highest BCUT2D eigenvalue weighted by atomic mass is 32.2. The van der Waals surface area contributed by atoms with Crippen molar-refractivity contribution in [1.29, 1.82) is 0 Å². The maximum Gasteiger partial charge on any atom is 0.405 e. The van der Waals surface area contributed by atoms with Crippen LogP contribution in [-0.2, 0) is 27.9 Å². The summed E-state index contributed by atoms with van der Waals surface area (Å²) in [7, 11) is 1.91. The minimum Gasteiger partial charge on any atom is -0.465 e. The Bertz CT molecular complexity index is 1390. The molecule has 1 heterocycles. The standard InChI is InChI=1S/C30H38N6O5S/c1-3-15-33-28(38)25(17-20-18-36(2)26-10-5-4-8-23(20)26)34-29(39)24(35-30(40)41)9-6-7-16-32-27(37)19-42-22-13-11-21(31)12-14-22/h3-5,8,10-14,18,24-25,35H,1,6-7,9,15-17,19,31H2,2H3,(H,32,37)(H,33,38)(H,34,39)(H,40,41)/t24-,25-/m0/s1. The van der Waals surface area contributed by atoms with E-state index in [0.717, 1.165) is 21.4 Å². The predicted octanol–water partition coefficient (Wildman–Crippen LogP) is 2.81. The van der Waals surface area contributed by atoms with Gasteiger partial charge < -0.3 is 36.7 Å². The Morgan fingerprint density at radius 2 is 1.74 bits per heavy atom. The van der Waals surface area contributed by atoms with Gasteiger partial charge in [-0.25, -0.2) is 4.79 Å². The zero-order valence-electron chi connectivity index (χ0n) is 23.6. The molecule has 0 aliphatic carbocycles. The molecule has 224 valence electrons. The fraction of sp³-hybridized carbons (Fsp3) is 0.333. The molecule has 0 bridgehead atoms. The highest BCUT2D eigenvalue weighted by Gasteiger charge is 2.27. The van der Waals surface area contributed by atoms with Crippen molar-refractivity contribution in [1.82, 2.24) is 25.8 Å². The Labute approximate surface area is 249 Å². The molecule has 3 aromatic rings. The maximum atomic E-state index is 13.2. The number of aromatic nitrogens is 1. The minimum atomic E-state index is -1.34. The summed E-state index contributed by atoms with van der Waals surface area (Å²) in [5, 5.41) is 20.9. The number of carbonyl (C=O) groups excluding carboxylic acids is 3. The number of hydrogen-bond donors (Lipinski definition) is 6. The van der Waals surface area contributed by atoms with Gasteiger partial charge in [-0.1, -0.05) is 24.3 Å². The second kappa shape index (κ2) is 16.1. The molecule has 0 fully saturated rings. The molecule has 0 spiro atoms. The number of fused-ring (bicyclic) bond motifs is 1. The largest absolute Gasteiger partial charge is 0.465 e. The highest BCUT2D eigenvalue weighted by Crippen LogP contribution is 2.22. The van der Waals surface area contributed by atoms with E-state index in [1.165, 1.54) is 11.8 Å². The van der Waals surface area contributed by atoms with Crippen molar-refractivity contribution in [3.05, 3.63) is 72.9 Å². The summed E-state index contributed by atoms with van der Waals surface area (Å²) in [6.45, 7) is 4.23. The van der Waals surface area contributed by atoms with Crippen molar-refractivity contribution in [2.75, 3.05) is 24.6 Å². The number of benzene rings is 2. The van der Waals surface area contributed by atoms with Crippen LogP contribution in [0.5, 0.6) is 0 Å². The van der Waals surface area contributed by atoms with Gasteiger partial charge in [-0.05, 0) is 55.2 Å². The summed E-state index contributed by atoms with van der Waals surface area (Å²) < 4.78 is 1.95. The summed E-state index contributed by atoms with van der Waals surface area (Å²) in [5.41, 5.74) is 8.20. The van der Waals surface area contributed by atoms with Crippen LogP contribution in [0.2, 0.25) is 0 Å². The smallest absolute Gasteiger partial charge is 0.405 e. The number of aryl methyl sites for hydroxylation is 1. The molecule has 3 rings (SSSR count). The first-order valence-corrected chi connectivity index (χ1v) is 14.6. The molecule has 4 amide bonds. The van der Waals surface area contributed by atoms with Crippen LogP contribution < -0.4 is 27.0 Å². The lowest BCUT2D eigenvalue weighted by molar-refractivity contribution is -0.130. The molecule has 7 N–H and O–H groups in total. The van der Waals surface area contributed by atoms with Crippen molar-refractivity contribution < 1.29 is 24.3 Å². The molecule has 2 aromatic carbocycles. The first-order valence-electron chi connectivity index (χ1n) is 13.6. The molecule has 0 saturated heterocycles. The van der Waals surface area contributed by atoms with E-state index in [1.54, 1.807) is 18.2 Å². The predicted molar refractivity (Wildman–Crippen MR) is 165 cm³/mol. The molecule has 0 saturated carbocycles. The summed E-state index contributed by atoms with van der Waals surface area (Å²) in [5.74, 6) is -0.872. The van der Waals surface area contributed by atoms with Gasteiger partial charge >= 0.3 is 6.09 Å². The lowest BCUT2D eigenvalue weighted by atomic mass is 10.0. The number of nitrogens with two attached hydrogens (primary N) is 1. The number of amides is 4. The number of thioether (sulfide) groups is 1. The van der Waals surface area contributed by atoms with Crippen molar-refractivity contribution in [2.45, 2.75) is 42.7 Å². The number of anilines is 1. The lowest BCUT2D eigenvalue weighted by Crippen LogP contribution is -2.54. The van der Waals surface area contributed by atoms with E-state index in [9.17, 15) is 24.3 Å². The average molecular weight is 595 g/mol. The van der Waals surface area contributed by atoms with Crippen LogP contribution in [0, 0.1) is 0 Å². The van der Waals surface area contributed by atoms with Crippen LogP contribution in [0.4, 0.5) is 10.5 Å². The number of nitrogen functional groups attached to an aromatic ring is 1. The third-order valence-electron chi connectivity index (χ3n) is 6.56. The fourth-order valence-corrected chi connectivity index (χ4v) is 5.20. The van der Waals surface area contributed by atoms with Crippen LogP contribution in [0.15, 0.2) is 72.3 Å². The number of unbranched alkanes of at least 4 members (excludes halogenated alkanes) is 1. The van der Waals surface area contributed by atoms with E-state index in [4.69, 9.17) is 5.73 Å². The number of nitrogens with one attached hydrogen (secondary N) is 4.